The Bertz CT molecular complexity index is 1040. The first-order valence-corrected chi connectivity index (χ1v) is 11.8. The van der Waals surface area contributed by atoms with Crippen molar-refractivity contribution in [1.82, 2.24) is 10.3 Å². The minimum atomic E-state index is -0.117. The van der Waals surface area contributed by atoms with Crippen LogP contribution in [0.5, 0.6) is 0 Å². The average molecular weight is 438 g/mol. The number of amides is 2. The zero-order chi connectivity index (χ0) is 20.9. The number of aryl methyl sites for hydroxylation is 1. The van der Waals surface area contributed by atoms with E-state index in [0.717, 1.165) is 45.4 Å². The second-order valence-electron chi connectivity index (χ2n) is 7.32. The van der Waals surface area contributed by atoms with Crippen LogP contribution in [-0.2, 0) is 17.1 Å². The molecule has 0 spiro atoms. The number of aromatic nitrogens is 1. The lowest BCUT2D eigenvalue weighted by atomic mass is 10.1. The molecule has 0 aliphatic heterocycles. The van der Waals surface area contributed by atoms with E-state index >= 15 is 0 Å². The number of thioether (sulfide) groups is 1. The molecule has 1 aliphatic rings. The van der Waals surface area contributed by atoms with Crippen molar-refractivity contribution in [1.29, 1.82) is 0 Å². The van der Waals surface area contributed by atoms with Gasteiger partial charge in [0.1, 0.15) is 0 Å². The van der Waals surface area contributed by atoms with E-state index < -0.39 is 0 Å². The topological polar surface area (TPSA) is 71.1 Å². The summed E-state index contributed by atoms with van der Waals surface area (Å²) < 4.78 is 0. The lowest BCUT2D eigenvalue weighted by Gasteiger charge is -2.09. The van der Waals surface area contributed by atoms with E-state index in [2.05, 4.69) is 21.0 Å². The van der Waals surface area contributed by atoms with Gasteiger partial charge in [0, 0.05) is 39.7 Å². The predicted molar refractivity (Wildman–Crippen MR) is 122 cm³/mol. The van der Waals surface area contributed by atoms with Gasteiger partial charge in [0.25, 0.3) is 5.91 Å². The number of carbonyl (C=O) groups is 2. The van der Waals surface area contributed by atoms with Gasteiger partial charge in [-0.05, 0) is 61.7 Å². The van der Waals surface area contributed by atoms with Crippen molar-refractivity contribution in [3.63, 3.8) is 0 Å². The van der Waals surface area contributed by atoms with Crippen molar-refractivity contribution in [3.8, 4) is 0 Å². The number of thiazole rings is 1. The molecule has 1 aromatic heterocycles. The van der Waals surface area contributed by atoms with Gasteiger partial charge in [0.05, 0.1) is 10.7 Å². The number of carbonyl (C=O) groups excluding carboxylic acids is 2. The molecule has 154 valence electrons. The van der Waals surface area contributed by atoms with E-state index in [0.29, 0.717) is 12.1 Å². The van der Waals surface area contributed by atoms with Crippen molar-refractivity contribution in [2.45, 2.75) is 37.0 Å². The maximum Gasteiger partial charge on any atom is 0.251 e. The molecule has 7 heteroatoms. The first-order chi connectivity index (χ1) is 14.6. The van der Waals surface area contributed by atoms with Crippen LogP contribution in [0, 0.1) is 12.8 Å². The standard InChI is InChI=1S/C23H23N3O2S2/c1-15-25-20(13-29-15)14-30-21-9-7-17(8-10-21)22(27)24-12-16-3-2-4-19(11-16)26-23(28)18-5-6-18/h2-4,7-11,13,18H,5-6,12,14H2,1H3,(H,24,27)(H,26,28). The maximum absolute atomic E-state index is 12.5. The van der Waals surface area contributed by atoms with Crippen LogP contribution in [0.4, 0.5) is 5.69 Å². The van der Waals surface area contributed by atoms with Gasteiger partial charge in [-0.1, -0.05) is 12.1 Å². The highest BCUT2D eigenvalue weighted by Crippen LogP contribution is 2.30. The normalized spacial score (nSPS) is 13.1. The summed E-state index contributed by atoms with van der Waals surface area (Å²) in [6.07, 6.45) is 1.95. The quantitative estimate of drug-likeness (QED) is 0.485. The van der Waals surface area contributed by atoms with Crippen LogP contribution in [-0.4, -0.2) is 16.8 Å². The molecule has 1 saturated carbocycles. The molecule has 5 nitrogen and oxygen atoms in total. The molecule has 1 heterocycles. The molecule has 1 fully saturated rings. The first kappa shape index (κ1) is 20.6. The Hall–Kier alpha value is -2.64. The Labute approximate surface area is 184 Å². The molecule has 2 amide bonds. The SMILES string of the molecule is Cc1nc(CSc2ccc(C(=O)NCc3cccc(NC(=O)C4CC4)c3)cc2)cs1. The zero-order valence-corrected chi connectivity index (χ0v) is 18.3. The molecule has 2 aromatic carbocycles. The summed E-state index contributed by atoms with van der Waals surface area (Å²) in [5.41, 5.74) is 3.43. The molecule has 4 rings (SSSR count). The molecule has 0 unspecified atom stereocenters. The van der Waals surface area contributed by atoms with Crippen LogP contribution in [0.2, 0.25) is 0 Å². The zero-order valence-electron chi connectivity index (χ0n) is 16.7. The lowest BCUT2D eigenvalue weighted by molar-refractivity contribution is -0.117. The van der Waals surface area contributed by atoms with E-state index in [4.69, 9.17) is 0 Å². The number of rotatable bonds is 8. The fraction of sp³-hybridized carbons (Fsp3) is 0.261. The first-order valence-electron chi connectivity index (χ1n) is 9.89. The van der Waals surface area contributed by atoms with Crippen LogP contribution in [0.1, 0.15) is 39.5 Å². The van der Waals surface area contributed by atoms with E-state index in [-0.39, 0.29) is 17.7 Å². The van der Waals surface area contributed by atoms with Gasteiger partial charge >= 0.3 is 0 Å². The van der Waals surface area contributed by atoms with Crippen LogP contribution in [0.15, 0.2) is 58.8 Å². The molecular formula is C23H23N3O2S2. The van der Waals surface area contributed by atoms with Crippen LogP contribution in [0.25, 0.3) is 0 Å². The van der Waals surface area contributed by atoms with Crippen LogP contribution >= 0.6 is 23.1 Å². The second kappa shape index (κ2) is 9.45. The van der Waals surface area contributed by atoms with E-state index in [1.807, 2.05) is 55.5 Å². The fourth-order valence-electron chi connectivity index (χ4n) is 2.97. The molecule has 0 radical (unpaired) electrons. The Morgan fingerprint density at radius 1 is 1.17 bits per heavy atom. The summed E-state index contributed by atoms with van der Waals surface area (Å²) in [7, 11) is 0. The molecule has 0 saturated heterocycles. The van der Waals surface area contributed by atoms with Crippen LogP contribution < -0.4 is 10.6 Å². The number of hydrogen-bond acceptors (Lipinski definition) is 5. The van der Waals surface area contributed by atoms with Crippen molar-refractivity contribution >= 4 is 40.6 Å². The van der Waals surface area contributed by atoms with Crippen LogP contribution in [0.3, 0.4) is 0 Å². The molecule has 0 bridgehead atoms. The molecule has 0 atom stereocenters. The average Bonchev–Trinajstić information content (AvgIpc) is 3.53. The third-order valence-corrected chi connectivity index (χ3v) is 6.63. The number of nitrogens with zero attached hydrogens (tertiary/aromatic N) is 1. The van der Waals surface area contributed by atoms with Gasteiger partial charge in [0.15, 0.2) is 0 Å². The number of hydrogen-bond donors (Lipinski definition) is 2. The van der Waals surface area contributed by atoms with Gasteiger partial charge in [0.2, 0.25) is 5.91 Å². The van der Waals surface area contributed by atoms with Crippen molar-refractivity contribution in [3.05, 3.63) is 75.7 Å². The monoisotopic (exact) mass is 437 g/mol. The minimum absolute atomic E-state index is 0.0825. The van der Waals surface area contributed by atoms with Gasteiger partial charge in [-0.25, -0.2) is 4.98 Å². The van der Waals surface area contributed by atoms with E-state index in [1.54, 1.807) is 23.1 Å². The Morgan fingerprint density at radius 2 is 1.97 bits per heavy atom. The minimum Gasteiger partial charge on any atom is -0.348 e. The fourth-order valence-corrected chi connectivity index (χ4v) is 4.48. The van der Waals surface area contributed by atoms with E-state index in [9.17, 15) is 9.59 Å². The number of benzene rings is 2. The highest BCUT2D eigenvalue weighted by Gasteiger charge is 2.29. The van der Waals surface area contributed by atoms with Crippen molar-refractivity contribution < 1.29 is 9.59 Å². The molecular weight excluding hydrogens is 414 g/mol. The molecule has 2 N–H and O–H groups in total. The summed E-state index contributed by atoms with van der Waals surface area (Å²) in [5.74, 6) is 0.956. The number of anilines is 1. The smallest absolute Gasteiger partial charge is 0.251 e. The van der Waals surface area contributed by atoms with E-state index in [1.165, 1.54) is 0 Å². The lowest BCUT2D eigenvalue weighted by Crippen LogP contribution is -2.22. The molecule has 30 heavy (non-hydrogen) atoms. The third kappa shape index (κ3) is 5.70. The highest BCUT2D eigenvalue weighted by atomic mass is 32.2. The van der Waals surface area contributed by atoms with Gasteiger partial charge < -0.3 is 10.6 Å². The van der Waals surface area contributed by atoms with Gasteiger partial charge in [-0.15, -0.1) is 23.1 Å². The largest absolute Gasteiger partial charge is 0.348 e. The predicted octanol–water partition coefficient (Wildman–Crippen LogP) is 5.02. The third-order valence-electron chi connectivity index (χ3n) is 4.77. The molecule has 1 aliphatic carbocycles. The molecule has 3 aromatic rings. The maximum atomic E-state index is 12.5. The Balaban J connectivity index is 1.28. The summed E-state index contributed by atoms with van der Waals surface area (Å²) in [4.78, 5) is 30.0. The van der Waals surface area contributed by atoms with Gasteiger partial charge in [-0.2, -0.15) is 0 Å². The summed E-state index contributed by atoms with van der Waals surface area (Å²) in [6, 6.07) is 15.2. The second-order valence-corrected chi connectivity index (χ2v) is 9.43. The van der Waals surface area contributed by atoms with Gasteiger partial charge in [-0.3, -0.25) is 9.59 Å². The highest BCUT2D eigenvalue weighted by molar-refractivity contribution is 7.98. The van der Waals surface area contributed by atoms with Crippen molar-refractivity contribution in [2.24, 2.45) is 5.92 Å². The summed E-state index contributed by atoms with van der Waals surface area (Å²) in [5, 5.41) is 9.04. The Kier molecular flexibility index (Phi) is 6.50. The number of nitrogens with one attached hydrogen (secondary N) is 2. The van der Waals surface area contributed by atoms with Crippen molar-refractivity contribution in [2.75, 3.05) is 5.32 Å². The Morgan fingerprint density at radius 3 is 2.67 bits per heavy atom. The summed E-state index contributed by atoms with van der Waals surface area (Å²) in [6.45, 7) is 2.42. The summed E-state index contributed by atoms with van der Waals surface area (Å²) >= 11 is 3.37.